The molecular weight excluding hydrogens is 280 g/mol. The third-order valence-corrected chi connectivity index (χ3v) is 4.58. The Kier molecular flexibility index (Phi) is 3.38. The maximum absolute atomic E-state index is 11.9. The number of benzene rings is 1. The van der Waals surface area contributed by atoms with Crippen molar-refractivity contribution in [2.45, 2.75) is 24.0 Å². The smallest absolute Gasteiger partial charge is 0.286 e. The largest absolute Gasteiger partial charge is 0.333 e. The normalized spacial score (nSPS) is 17.3. The van der Waals surface area contributed by atoms with E-state index in [-0.39, 0.29) is 10.1 Å². The number of fused-ring (bicyclic) bond motifs is 1. The van der Waals surface area contributed by atoms with Crippen LogP contribution in [0.4, 0.5) is 5.69 Å². The van der Waals surface area contributed by atoms with Gasteiger partial charge in [0, 0.05) is 10.3 Å². The molecule has 0 saturated heterocycles. The van der Waals surface area contributed by atoms with Gasteiger partial charge in [0.25, 0.3) is 10.0 Å². The Balaban J connectivity index is 2.47. The average molecular weight is 291 g/mol. The minimum atomic E-state index is -3.61. The molecule has 0 radical (unpaired) electrons. The van der Waals surface area contributed by atoms with Crippen LogP contribution in [0.25, 0.3) is 0 Å². The van der Waals surface area contributed by atoms with Crippen molar-refractivity contribution in [2.24, 2.45) is 4.40 Å². The Morgan fingerprint density at radius 1 is 1.41 bits per heavy atom. The van der Waals surface area contributed by atoms with Gasteiger partial charge in [-0.3, -0.25) is 0 Å². The van der Waals surface area contributed by atoms with Gasteiger partial charge in [0.05, 0.1) is 5.69 Å². The highest BCUT2D eigenvalue weighted by molar-refractivity contribution is 8.15. The predicted octanol–water partition coefficient (Wildman–Crippen LogP) is 2.95. The molecule has 0 saturated carbocycles. The first-order valence-corrected chi connectivity index (χ1v) is 7.66. The van der Waals surface area contributed by atoms with Gasteiger partial charge in [-0.1, -0.05) is 37.2 Å². The fraction of sp³-hybridized carbons (Fsp3) is 0.300. The fourth-order valence-electron chi connectivity index (χ4n) is 1.40. The van der Waals surface area contributed by atoms with Crippen LogP contribution < -0.4 is 5.32 Å². The zero-order valence-corrected chi connectivity index (χ0v) is 11.7. The van der Waals surface area contributed by atoms with E-state index in [0.717, 1.165) is 0 Å². The average Bonchev–Trinajstić information content (AvgIpc) is 2.13. The lowest BCUT2D eigenvalue weighted by Crippen LogP contribution is -2.20. The van der Waals surface area contributed by atoms with E-state index in [1.54, 1.807) is 6.07 Å². The highest BCUT2D eigenvalue weighted by Crippen LogP contribution is 2.32. The Morgan fingerprint density at radius 2 is 2.12 bits per heavy atom. The Hall–Kier alpha value is -0.720. The molecule has 1 aromatic carbocycles. The third kappa shape index (κ3) is 2.75. The van der Waals surface area contributed by atoms with Gasteiger partial charge < -0.3 is 5.32 Å². The summed E-state index contributed by atoms with van der Waals surface area (Å²) in [5.74, 6) is 0. The number of nitrogens with zero attached hydrogens (tertiary/aromatic N) is 1. The summed E-state index contributed by atoms with van der Waals surface area (Å²) in [4.78, 5) is 0.162. The molecule has 7 heteroatoms. The molecule has 92 valence electrons. The van der Waals surface area contributed by atoms with E-state index in [2.05, 4.69) is 9.71 Å². The van der Waals surface area contributed by atoms with E-state index in [9.17, 15) is 8.42 Å². The van der Waals surface area contributed by atoms with Crippen LogP contribution in [0.15, 0.2) is 27.5 Å². The highest BCUT2D eigenvalue weighted by atomic mass is 35.5. The van der Waals surface area contributed by atoms with Gasteiger partial charge in [0.1, 0.15) is 4.90 Å². The summed E-state index contributed by atoms with van der Waals surface area (Å²) in [6, 6.07) is 4.58. The summed E-state index contributed by atoms with van der Waals surface area (Å²) in [5, 5.41) is 4.09. The molecule has 1 aliphatic rings. The van der Waals surface area contributed by atoms with E-state index >= 15 is 0 Å². The van der Waals surface area contributed by atoms with E-state index in [0.29, 0.717) is 15.9 Å². The van der Waals surface area contributed by atoms with Crippen LogP contribution in [0.1, 0.15) is 13.8 Å². The SMILES string of the molecule is CC(C)SC1=NS(=O)(=O)c2ccc(Cl)cc2N1. The number of rotatable bonds is 1. The van der Waals surface area contributed by atoms with Crippen molar-refractivity contribution in [3.8, 4) is 0 Å². The molecule has 1 heterocycles. The molecule has 2 rings (SSSR count). The lowest BCUT2D eigenvalue weighted by atomic mass is 10.3. The molecule has 17 heavy (non-hydrogen) atoms. The first-order chi connectivity index (χ1) is 7.88. The molecule has 0 amide bonds. The van der Waals surface area contributed by atoms with E-state index in [1.165, 1.54) is 23.9 Å². The molecule has 0 aliphatic carbocycles. The number of sulfonamides is 1. The van der Waals surface area contributed by atoms with Gasteiger partial charge in [-0.05, 0) is 18.2 Å². The maximum atomic E-state index is 11.9. The summed E-state index contributed by atoms with van der Waals surface area (Å²) in [6.07, 6.45) is 0. The minimum absolute atomic E-state index is 0.162. The third-order valence-electron chi connectivity index (χ3n) is 2.01. The first-order valence-electron chi connectivity index (χ1n) is 4.97. The predicted molar refractivity (Wildman–Crippen MR) is 72.4 cm³/mol. The van der Waals surface area contributed by atoms with E-state index in [1.807, 2.05) is 13.8 Å². The number of hydrogen-bond donors (Lipinski definition) is 1. The van der Waals surface area contributed by atoms with Gasteiger partial charge in [-0.2, -0.15) is 8.42 Å². The number of amidine groups is 1. The molecular formula is C10H11ClN2O2S2. The van der Waals surface area contributed by atoms with Crippen molar-refractivity contribution in [1.82, 2.24) is 0 Å². The summed E-state index contributed by atoms with van der Waals surface area (Å²) >= 11 is 7.21. The zero-order valence-electron chi connectivity index (χ0n) is 9.27. The second-order valence-corrected chi connectivity index (χ2v) is 7.38. The number of thioether (sulfide) groups is 1. The number of hydrogen-bond acceptors (Lipinski definition) is 4. The van der Waals surface area contributed by atoms with Crippen LogP contribution in [-0.2, 0) is 10.0 Å². The van der Waals surface area contributed by atoms with Crippen molar-refractivity contribution < 1.29 is 8.42 Å². The molecule has 0 spiro atoms. The second-order valence-electron chi connectivity index (χ2n) is 3.80. The molecule has 0 fully saturated rings. The number of nitrogens with one attached hydrogen (secondary N) is 1. The fourth-order valence-corrected chi connectivity index (χ4v) is 3.64. The lowest BCUT2D eigenvalue weighted by molar-refractivity contribution is 0.598. The standard InChI is InChI=1S/C10H11ClN2O2S2/c1-6(2)16-10-12-8-5-7(11)3-4-9(8)17(14,15)13-10/h3-6H,1-2H3,(H,12,13). The minimum Gasteiger partial charge on any atom is -0.333 e. The van der Waals surface area contributed by atoms with Crippen molar-refractivity contribution in [3.63, 3.8) is 0 Å². The molecule has 0 atom stereocenters. The lowest BCUT2D eigenvalue weighted by Gasteiger charge is -2.18. The van der Waals surface area contributed by atoms with Crippen LogP contribution in [0.5, 0.6) is 0 Å². The van der Waals surface area contributed by atoms with Crippen LogP contribution in [-0.4, -0.2) is 18.8 Å². The number of anilines is 1. The molecule has 0 bridgehead atoms. The second kappa shape index (κ2) is 4.51. The monoisotopic (exact) mass is 290 g/mol. The van der Waals surface area contributed by atoms with Gasteiger partial charge >= 0.3 is 0 Å². The van der Waals surface area contributed by atoms with Gasteiger partial charge in [0.2, 0.25) is 0 Å². The molecule has 1 aliphatic heterocycles. The summed E-state index contributed by atoms with van der Waals surface area (Å²) in [5.41, 5.74) is 0.482. The molecule has 1 N–H and O–H groups in total. The van der Waals surface area contributed by atoms with Crippen molar-refractivity contribution in [2.75, 3.05) is 5.32 Å². The zero-order chi connectivity index (χ0) is 12.6. The summed E-state index contributed by atoms with van der Waals surface area (Å²) in [7, 11) is -3.61. The summed E-state index contributed by atoms with van der Waals surface area (Å²) < 4.78 is 27.5. The van der Waals surface area contributed by atoms with Crippen molar-refractivity contribution >= 4 is 44.2 Å². The summed E-state index contributed by atoms with van der Waals surface area (Å²) in [6.45, 7) is 3.93. The van der Waals surface area contributed by atoms with Crippen LogP contribution in [0.3, 0.4) is 0 Å². The van der Waals surface area contributed by atoms with Crippen LogP contribution >= 0.6 is 23.4 Å². The first kappa shape index (κ1) is 12.7. The van der Waals surface area contributed by atoms with Crippen LogP contribution in [0.2, 0.25) is 5.02 Å². The van der Waals surface area contributed by atoms with Crippen LogP contribution in [0, 0.1) is 0 Å². The molecule has 0 unspecified atom stereocenters. The Bertz CT molecular complexity index is 582. The van der Waals surface area contributed by atoms with Gasteiger partial charge in [0.15, 0.2) is 5.17 Å². The topological polar surface area (TPSA) is 58.5 Å². The Labute approximate surface area is 110 Å². The van der Waals surface area contributed by atoms with Crippen molar-refractivity contribution in [1.29, 1.82) is 0 Å². The number of halogens is 1. The molecule has 1 aromatic rings. The van der Waals surface area contributed by atoms with E-state index in [4.69, 9.17) is 11.6 Å². The Morgan fingerprint density at radius 3 is 2.76 bits per heavy atom. The van der Waals surface area contributed by atoms with Gasteiger partial charge in [-0.15, -0.1) is 4.40 Å². The quantitative estimate of drug-likeness (QED) is 0.864. The molecule has 0 aromatic heterocycles. The highest BCUT2D eigenvalue weighted by Gasteiger charge is 2.25. The van der Waals surface area contributed by atoms with E-state index < -0.39 is 10.0 Å². The van der Waals surface area contributed by atoms with Crippen molar-refractivity contribution in [3.05, 3.63) is 23.2 Å². The maximum Gasteiger partial charge on any atom is 0.286 e. The molecule has 4 nitrogen and oxygen atoms in total. The van der Waals surface area contributed by atoms with Gasteiger partial charge in [-0.25, -0.2) is 0 Å².